The quantitative estimate of drug-likeness (QED) is 0.696. The highest BCUT2D eigenvalue weighted by Gasteiger charge is 2.37. The van der Waals surface area contributed by atoms with Crippen LogP contribution in [0.1, 0.15) is 65.2 Å². The van der Waals surface area contributed by atoms with E-state index >= 15 is 0 Å². The van der Waals surface area contributed by atoms with Gasteiger partial charge in [0.1, 0.15) is 0 Å². The molecule has 2 fully saturated rings. The Hall–Kier alpha value is -0.0400. The Kier molecular flexibility index (Phi) is 3.71. The van der Waals surface area contributed by atoms with Crippen LogP contribution < -0.4 is 5.32 Å². The maximum Gasteiger partial charge on any atom is 0.0153 e. The molecule has 2 aliphatic carbocycles. The van der Waals surface area contributed by atoms with Gasteiger partial charge in [-0.15, -0.1) is 0 Å². The maximum absolute atomic E-state index is 3.82. The summed E-state index contributed by atoms with van der Waals surface area (Å²) in [5.74, 6) is 1.92. The molecule has 0 unspecified atom stereocenters. The van der Waals surface area contributed by atoms with Crippen LogP contribution in [-0.4, -0.2) is 12.1 Å². The second-order valence-corrected chi connectivity index (χ2v) is 6.23. The summed E-state index contributed by atoms with van der Waals surface area (Å²) in [5, 5.41) is 3.82. The van der Waals surface area contributed by atoms with Crippen LogP contribution >= 0.6 is 0 Å². The summed E-state index contributed by atoms with van der Waals surface area (Å²) < 4.78 is 0. The van der Waals surface area contributed by atoms with Crippen molar-refractivity contribution in [3.05, 3.63) is 0 Å². The molecule has 0 aromatic heterocycles. The van der Waals surface area contributed by atoms with Crippen LogP contribution in [0.5, 0.6) is 0 Å². The molecule has 2 saturated carbocycles. The molecule has 1 nitrogen and oxygen atoms in total. The molecule has 1 heteroatoms. The molecule has 0 spiro atoms. The molecule has 2 aliphatic rings. The van der Waals surface area contributed by atoms with E-state index in [4.69, 9.17) is 0 Å². The van der Waals surface area contributed by atoms with Gasteiger partial charge in [0.2, 0.25) is 0 Å². The second kappa shape index (κ2) is 4.86. The second-order valence-electron chi connectivity index (χ2n) is 6.23. The first kappa shape index (κ1) is 11.4. The Morgan fingerprint density at radius 1 is 0.933 bits per heavy atom. The average Bonchev–Trinajstić information content (AvgIpc) is 3.03. The standard InChI is InChI=1S/C14H27N/c1-14(2,13-9-10-13)15-11-12-7-5-3-4-6-8-12/h12-13,15H,3-11H2,1-2H3. The summed E-state index contributed by atoms with van der Waals surface area (Å²) in [7, 11) is 0. The summed E-state index contributed by atoms with van der Waals surface area (Å²) in [5.41, 5.74) is 0.409. The van der Waals surface area contributed by atoms with E-state index < -0.39 is 0 Å². The van der Waals surface area contributed by atoms with Gasteiger partial charge < -0.3 is 5.32 Å². The van der Waals surface area contributed by atoms with Crippen LogP contribution in [0.2, 0.25) is 0 Å². The molecule has 0 saturated heterocycles. The first-order chi connectivity index (χ1) is 7.18. The fraction of sp³-hybridized carbons (Fsp3) is 1.00. The first-order valence-electron chi connectivity index (χ1n) is 6.93. The predicted octanol–water partition coefficient (Wildman–Crippen LogP) is 3.74. The summed E-state index contributed by atoms with van der Waals surface area (Å²) in [6.07, 6.45) is 11.7. The minimum Gasteiger partial charge on any atom is -0.311 e. The summed E-state index contributed by atoms with van der Waals surface area (Å²) in [4.78, 5) is 0. The van der Waals surface area contributed by atoms with Gasteiger partial charge in [-0.1, -0.05) is 25.7 Å². The smallest absolute Gasteiger partial charge is 0.0153 e. The van der Waals surface area contributed by atoms with Crippen LogP contribution in [-0.2, 0) is 0 Å². The predicted molar refractivity (Wildman–Crippen MR) is 66.0 cm³/mol. The maximum atomic E-state index is 3.82. The molecule has 0 bridgehead atoms. The third-order valence-corrected chi connectivity index (χ3v) is 4.42. The lowest BCUT2D eigenvalue weighted by Gasteiger charge is -2.29. The van der Waals surface area contributed by atoms with E-state index in [0.717, 1.165) is 11.8 Å². The summed E-state index contributed by atoms with van der Waals surface area (Å²) >= 11 is 0. The zero-order valence-corrected chi connectivity index (χ0v) is 10.5. The number of hydrogen-bond acceptors (Lipinski definition) is 1. The van der Waals surface area contributed by atoms with E-state index in [0.29, 0.717) is 5.54 Å². The molecular formula is C14H27N. The lowest BCUT2D eigenvalue weighted by atomic mass is 9.95. The normalized spacial score (nSPS) is 25.2. The third-order valence-electron chi connectivity index (χ3n) is 4.42. The van der Waals surface area contributed by atoms with Crippen LogP contribution in [0.3, 0.4) is 0 Å². The molecule has 15 heavy (non-hydrogen) atoms. The van der Waals surface area contributed by atoms with Gasteiger partial charge in [-0.2, -0.15) is 0 Å². The molecule has 0 heterocycles. The molecule has 1 N–H and O–H groups in total. The topological polar surface area (TPSA) is 12.0 Å². The van der Waals surface area contributed by atoms with Gasteiger partial charge in [0, 0.05) is 5.54 Å². The largest absolute Gasteiger partial charge is 0.311 e. The molecule has 0 aromatic rings. The minimum absolute atomic E-state index is 0.409. The monoisotopic (exact) mass is 209 g/mol. The van der Waals surface area contributed by atoms with E-state index in [1.165, 1.54) is 57.9 Å². The van der Waals surface area contributed by atoms with Crippen LogP contribution in [0.15, 0.2) is 0 Å². The van der Waals surface area contributed by atoms with Gasteiger partial charge in [-0.3, -0.25) is 0 Å². The Morgan fingerprint density at radius 3 is 2.07 bits per heavy atom. The van der Waals surface area contributed by atoms with Crippen molar-refractivity contribution >= 4 is 0 Å². The lowest BCUT2D eigenvalue weighted by molar-refractivity contribution is 0.299. The Balaban J connectivity index is 1.71. The van der Waals surface area contributed by atoms with Crippen molar-refractivity contribution in [2.75, 3.05) is 6.54 Å². The van der Waals surface area contributed by atoms with Gasteiger partial charge in [0.25, 0.3) is 0 Å². The molecule has 0 aromatic carbocycles. The minimum atomic E-state index is 0.409. The zero-order valence-electron chi connectivity index (χ0n) is 10.5. The van der Waals surface area contributed by atoms with Crippen molar-refractivity contribution in [2.24, 2.45) is 11.8 Å². The Bertz CT molecular complexity index is 186. The summed E-state index contributed by atoms with van der Waals surface area (Å²) in [6, 6.07) is 0. The zero-order chi connectivity index (χ0) is 10.7. The van der Waals surface area contributed by atoms with E-state index in [2.05, 4.69) is 19.2 Å². The van der Waals surface area contributed by atoms with Gasteiger partial charge in [0.15, 0.2) is 0 Å². The molecule has 0 amide bonds. The van der Waals surface area contributed by atoms with Crippen molar-refractivity contribution in [1.82, 2.24) is 5.32 Å². The molecule has 0 radical (unpaired) electrons. The molecule has 88 valence electrons. The average molecular weight is 209 g/mol. The number of rotatable bonds is 4. The SMILES string of the molecule is CC(C)(NCC1CCCCCC1)C1CC1. The highest BCUT2D eigenvalue weighted by Crippen LogP contribution is 2.39. The molecule has 0 aliphatic heterocycles. The Morgan fingerprint density at radius 2 is 1.53 bits per heavy atom. The molecular weight excluding hydrogens is 182 g/mol. The highest BCUT2D eigenvalue weighted by molar-refractivity contribution is 4.94. The lowest BCUT2D eigenvalue weighted by Crippen LogP contribution is -2.43. The first-order valence-corrected chi connectivity index (χ1v) is 6.93. The van der Waals surface area contributed by atoms with Crippen molar-refractivity contribution in [3.63, 3.8) is 0 Å². The van der Waals surface area contributed by atoms with Gasteiger partial charge >= 0.3 is 0 Å². The molecule has 0 atom stereocenters. The summed E-state index contributed by atoms with van der Waals surface area (Å²) in [6.45, 7) is 6.05. The van der Waals surface area contributed by atoms with Crippen LogP contribution in [0, 0.1) is 11.8 Å². The number of nitrogens with one attached hydrogen (secondary N) is 1. The number of hydrogen-bond donors (Lipinski definition) is 1. The van der Waals surface area contributed by atoms with Gasteiger partial charge in [0.05, 0.1) is 0 Å². The van der Waals surface area contributed by atoms with Gasteiger partial charge in [-0.25, -0.2) is 0 Å². The van der Waals surface area contributed by atoms with E-state index in [9.17, 15) is 0 Å². The van der Waals surface area contributed by atoms with Crippen molar-refractivity contribution < 1.29 is 0 Å². The highest BCUT2D eigenvalue weighted by atomic mass is 15.0. The third kappa shape index (κ3) is 3.48. The van der Waals surface area contributed by atoms with E-state index in [-0.39, 0.29) is 0 Å². The Labute approximate surface area is 95.0 Å². The van der Waals surface area contributed by atoms with E-state index in [1.54, 1.807) is 0 Å². The van der Waals surface area contributed by atoms with Gasteiger partial charge in [-0.05, 0) is 57.9 Å². The van der Waals surface area contributed by atoms with Crippen LogP contribution in [0.4, 0.5) is 0 Å². The van der Waals surface area contributed by atoms with Crippen LogP contribution in [0.25, 0.3) is 0 Å². The fourth-order valence-corrected chi connectivity index (χ4v) is 2.92. The molecule has 2 rings (SSSR count). The van der Waals surface area contributed by atoms with Crippen molar-refractivity contribution in [1.29, 1.82) is 0 Å². The van der Waals surface area contributed by atoms with E-state index in [1.807, 2.05) is 0 Å². The van der Waals surface area contributed by atoms with Crippen molar-refractivity contribution in [3.8, 4) is 0 Å². The van der Waals surface area contributed by atoms with Crippen molar-refractivity contribution in [2.45, 2.75) is 70.8 Å². The fourth-order valence-electron chi connectivity index (χ4n) is 2.92.